The van der Waals surface area contributed by atoms with Crippen LogP contribution in [-0.2, 0) is 13.6 Å². The number of halogens is 1. The molecule has 4 nitrogen and oxygen atoms in total. The molecule has 2 rings (SSSR count). The number of anilines is 1. The zero-order valence-electron chi connectivity index (χ0n) is 9.31. The molecule has 0 radical (unpaired) electrons. The number of rotatable bonds is 3. The lowest BCUT2D eigenvalue weighted by molar-refractivity contribution is 0.813. The van der Waals surface area contributed by atoms with Gasteiger partial charge in [-0.15, -0.1) is 0 Å². The fourth-order valence-electron chi connectivity index (χ4n) is 1.46. The van der Waals surface area contributed by atoms with Gasteiger partial charge in [-0.3, -0.25) is 0 Å². The number of aryl methyl sites for hydroxylation is 1. The summed E-state index contributed by atoms with van der Waals surface area (Å²) < 4.78 is 2.76. The summed E-state index contributed by atoms with van der Waals surface area (Å²) in [7, 11) is 1.96. The highest BCUT2D eigenvalue weighted by Crippen LogP contribution is 2.21. The van der Waals surface area contributed by atoms with Gasteiger partial charge in [0, 0.05) is 29.6 Å². The van der Waals surface area contributed by atoms with E-state index in [9.17, 15) is 0 Å². The number of nitrogens with zero attached hydrogens (tertiary/aromatic N) is 3. The summed E-state index contributed by atoms with van der Waals surface area (Å²) in [6.45, 7) is 0.655. The molecule has 0 fully saturated rings. The second kappa shape index (κ2) is 5.02. The summed E-state index contributed by atoms with van der Waals surface area (Å²) in [6.07, 6.45) is 3.68. The first-order valence-electron chi connectivity index (χ1n) is 5.10. The zero-order chi connectivity index (χ0) is 12.3. The third-order valence-corrected chi connectivity index (χ3v) is 3.12. The van der Waals surface area contributed by atoms with Gasteiger partial charge in [0.15, 0.2) is 0 Å². The predicted molar refractivity (Wildman–Crippen MR) is 69.4 cm³/mol. The molecule has 86 valence electrons. The van der Waals surface area contributed by atoms with Crippen molar-refractivity contribution in [3.63, 3.8) is 0 Å². The van der Waals surface area contributed by atoms with Gasteiger partial charge < -0.3 is 9.88 Å². The predicted octanol–water partition coefficient (Wildman–Crippen LogP) is 2.67. The Bertz CT molecular complexity index is 568. The van der Waals surface area contributed by atoms with Crippen LogP contribution in [0.3, 0.4) is 0 Å². The lowest BCUT2D eigenvalue weighted by Crippen LogP contribution is -2.05. The minimum Gasteiger partial charge on any atom is -0.378 e. The molecule has 0 unspecified atom stereocenters. The third kappa shape index (κ3) is 2.66. The molecule has 0 amide bonds. The van der Waals surface area contributed by atoms with Crippen molar-refractivity contribution in [2.45, 2.75) is 6.54 Å². The molecule has 5 heteroatoms. The molecule has 0 saturated heterocycles. The number of aromatic nitrogens is 2. The van der Waals surface area contributed by atoms with Gasteiger partial charge in [-0.1, -0.05) is 0 Å². The molecule has 0 aliphatic carbocycles. The molecule has 0 aliphatic heterocycles. The van der Waals surface area contributed by atoms with E-state index < -0.39 is 0 Å². The van der Waals surface area contributed by atoms with Crippen molar-refractivity contribution in [2.75, 3.05) is 5.32 Å². The highest BCUT2D eigenvalue weighted by molar-refractivity contribution is 9.10. The van der Waals surface area contributed by atoms with Crippen molar-refractivity contribution in [3.8, 4) is 6.07 Å². The molecule has 0 bridgehead atoms. The van der Waals surface area contributed by atoms with Crippen LogP contribution in [0.5, 0.6) is 0 Å². The highest BCUT2D eigenvalue weighted by atomic mass is 79.9. The van der Waals surface area contributed by atoms with Crippen LogP contribution in [0.25, 0.3) is 0 Å². The Kier molecular flexibility index (Phi) is 3.45. The van der Waals surface area contributed by atoms with Crippen LogP contribution < -0.4 is 5.32 Å². The highest BCUT2D eigenvalue weighted by Gasteiger charge is 2.02. The topological polar surface area (TPSA) is 53.6 Å². The van der Waals surface area contributed by atoms with Gasteiger partial charge in [-0.25, -0.2) is 4.98 Å². The average molecular weight is 291 g/mol. The molecule has 0 saturated carbocycles. The van der Waals surface area contributed by atoms with Crippen LogP contribution in [0, 0.1) is 11.3 Å². The fourth-order valence-corrected chi connectivity index (χ4v) is 1.93. The van der Waals surface area contributed by atoms with E-state index in [2.05, 4.69) is 32.3 Å². The van der Waals surface area contributed by atoms with Gasteiger partial charge in [-0.05, 0) is 34.1 Å². The largest absolute Gasteiger partial charge is 0.378 e. The van der Waals surface area contributed by atoms with E-state index in [4.69, 9.17) is 5.26 Å². The number of nitrogens with one attached hydrogen (secondary N) is 1. The summed E-state index contributed by atoms with van der Waals surface area (Å²) in [5.41, 5.74) is 1.59. The molecular weight excluding hydrogens is 280 g/mol. The van der Waals surface area contributed by atoms with Crippen molar-refractivity contribution >= 4 is 21.6 Å². The van der Waals surface area contributed by atoms with E-state index in [1.165, 1.54) is 0 Å². The smallest absolute Gasteiger partial charge is 0.127 e. The Morgan fingerprint density at radius 2 is 2.35 bits per heavy atom. The second-order valence-electron chi connectivity index (χ2n) is 3.61. The number of hydrogen-bond acceptors (Lipinski definition) is 3. The maximum absolute atomic E-state index is 8.81. The van der Waals surface area contributed by atoms with Crippen LogP contribution in [-0.4, -0.2) is 9.55 Å². The Hall–Kier alpha value is -1.80. The maximum Gasteiger partial charge on any atom is 0.127 e. The van der Waals surface area contributed by atoms with E-state index in [1.54, 1.807) is 12.3 Å². The minimum absolute atomic E-state index is 0.632. The first-order chi connectivity index (χ1) is 8.20. The van der Waals surface area contributed by atoms with Gasteiger partial charge in [-0.2, -0.15) is 5.26 Å². The molecule has 0 aliphatic rings. The summed E-state index contributed by atoms with van der Waals surface area (Å²) in [6, 6.07) is 7.66. The number of hydrogen-bond donors (Lipinski definition) is 1. The van der Waals surface area contributed by atoms with Crippen LogP contribution in [0.4, 0.5) is 5.69 Å². The summed E-state index contributed by atoms with van der Waals surface area (Å²) >= 11 is 3.36. The minimum atomic E-state index is 0.632. The molecule has 0 spiro atoms. The Morgan fingerprint density at radius 1 is 1.53 bits per heavy atom. The summed E-state index contributed by atoms with van der Waals surface area (Å²) in [5, 5.41) is 12.1. The molecule has 0 atom stereocenters. The third-order valence-electron chi connectivity index (χ3n) is 2.46. The number of nitriles is 1. The SMILES string of the molecule is Cn1ccnc1CNc1ccc(C#N)c(Br)c1. The lowest BCUT2D eigenvalue weighted by atomic mass is 10.2. The zero-order valence-corrected chi connectivity index (χ0v) is 10.9. The molecule has 17 heavy (non-hydrogen) atoms. The van der Waals surface area contributed by atoms with Crippen molar-refractivity contribution in [2.24, 2.45) is 7.05 Å². The van der Waals surface area contributed by atoms with E-state index in [0.29, 0.717) is 12.1 Å². The first kappa shape index (κ1) is 11.7. The maximum atomic E-state index is 8.81. The Balaban J connectivity index is 2.08. The van der Waals surface area contributed by atoms with Gasteiger partial charge in [0.05, 0.1) is 12.1 Å². The molecule has 1 N–H and O–H groups in total. The van der Waals surface area contributed by atoms with Gasteiger partial charge >= 0.3 is 0 Å². The molecule has 2 aromatic rings. The van der Waals surface area contributed by atoms with Crippen molar-refractivity contribution < 1.29 is 0 Å². The molecule has 1 aromatic heterocycles. The van der Waals surface area contributed by atoms with Crippen molar-refractivity contribution in [1.82, 2.24) is 9.55 Å². The average Bonchev–Trinajstić information content (AvgIpc) is 2.72. The van der Waals surface area contributed by atoms with E-state index in [0.717, 1.165) is 16.0 Å². The monoisotopic (exact) mass is 290 g/mol. The molecule has 1 aromatic carbocycles. The van der Waals surface area contributed by atoms with E-state index in [1.807, 2.05) is 29.9 Å². The Labute approximate surface area is 108 Å². The normalized spacial score (nSPS) is 9.94. The van der Waals surface area contributed by atoms with E-state index >= 15 is 0 Å². The number of imidazole rings is 1. The summed E-state index contributed by atoms with van der Waals surface area (Å²) in [5.74, 6) is 0.963. The summed E-state index contributed by atoms with van der Waals surface area (Å²) in [4.78, 5) is 4.22. The Morgan fingerprint density at radius 3 is 2.94 bits per heavy atom. The molecular formula is C12H11BrN4. The number of benzene rings is 1. The second-order valence-corrected chi connectivity index (χ2v) is 4.47. The van der Waals surface area contributed by atoms with Gasteiger partial charge in [0.1, 0.15) is 11.9 Å². The molecule has 1 heterocycles. The van der Waals surface area contributed by atoms with Crippen LogP contribution in [0.2, 0.25) is 0 Å². The van der Waals surface area contributed by atoms with Crippen molar-refractivity contribution in [3.05, 3.63) is 46.5 Å². The fraction of sp³-hybridized carbons (Fsp3) is 0.167. The quantitative estimate of drug-likeness (QED) is 0.946. The van der Waals surface area contributed by atoms with Crippen LogP contribution >= 0.6 is 15.9 Å². The van der Waals surface area contributed by atoms with Gasteiger partial charge in [0.2, 0.25) is 0 Å². The van der Waals surface area contributed by atoms with Crippen molar-refractivity contribution in [1.29, 1.82) is 5.26 Å². The van der Waals surface area contributed by atoms with E-state index in [-0.39, 0.29) is 0 Å². The van der Waals surface area contributed by atoms with Crippen LogP contribution in [0.1, 0.15) is 11.4 Å². The van der Waals surface area contributed by atoms with Crippen LogP contribution in [0.15, 0.2) is 35.1 Å². The lowest BCUT2D eigenvalue weighted by Gasteiger charge is -2.07. The first-order valence-corrected chi connectivity index (χ1v) is 5.89. The standard InChI is InChI=1S/C12H11BrN4/c1-17-5-4-15-12(17)8-16-10-3-2-9(7-14)11(13)6-10/h2-6,16H,8H2,1H3. The van der Waals surface area contributed by atoms with Gasteiger partial charge in [0.25, 0.3) is 0 Å².